The quantitative estimate of drug-likeness (QED) is 0.732. The minimum Gasteiger partial charge on any atom is -0.454 e. The van der Waals surface area contributed by atoms with E-state index in [0.717, 1.165) is 28.3 Å². The predicted molar refractivity (Wildman–Crippen MR) is 79.8 cm³/mol. The molecule has 0 atom stereocenters. The Bertz CT molecular complexity index is 830. The molecule has 0 aliphatic carbocycles. The van der Waals surface area contributed by atoms with Gasteiger partial charge >= 0.3 is 0 Å². The summed E-state index contributed by atoms with van der Waals surface area (Å²) >= 11 is 0. The fourth-order valence-electron chi connectivity index (χ4n) is 2.31. The maximum Gasteiger partial charge on any atom is 0.259 e. The Labute approximate surface area is 131 Å². The van der Waals surface area contributed by atoms with E-state index in [-0.39, 0.29) is 6.79 Å². The van der Waals surface area contributed by atoms with Crippen LogP contribution in [0, 0.1) is 0 Å². The van der Waals surface area contributed by atoms with E-state index in [1.54, 1.807) is 13.3 Å². The Kier molecular flexibility index (Phi) is 3.39. The van der Waals surface area contributed by atoms with E-state index in [0.29, 0.717) is 18.3 Å². The lowest BCUT2D eigenvalue weighted by Crippen LogP contribution is -1.92. The lowest BCUT2D eigenvalue weighted by Gasteiger charge is -2.03. The molecule has 1 aliphatic rings. The van der Waals surface area contributed by atoms with Gasteiger partial charge in [0, 0.05) is 18.9 Å². The molecule has 23 heavy (non-hydrogen) atoms. The van der Waals surface area contributed by atoms with E-state index in [2.05, 4.69) is 15.1 Å². The van der Waals surface area contributed by atoms with E-state index >= 15 is 0 Å². The van der Waals surface area contributed by atoms with Gasteiger partial charge in [-0.05, 0) is 30.3 Å². The minimum atomic E-state index is 0.256. The molecule has 0 unspecified atom stereocenters. The highest BCUT2D eigenvalue weighted by Gasteiger charge is 2.15. The van der Waals surface area contributed by atoms with Gasteiger partial charge in [0.2, 0.25) is 6.79 Å². The maximum absolute atomic E-state index is 5.38. The SMILES string of the molecule is COCc1noc(-c2ccc(-c3ccc4c(c3)OCO4)nc2)n1. The van der Waals surface area contributed by atoms with Crippen molar-refractivity contribution in [3.05, 3.63) is 42.4 Å². The second kappa shape index (κ2) is 5.69. The predicted octanol–water partition coefficient (Wildman–Crippen LogP) is 2.67. The lowest BCUT2D eigenvalue weighted by atomic mass is 10.1. The van der Waals surface area contributed by atoms with Crippen molar-refractivity contribution in [2.75, 3.05) is 13.9 Å². The van der Waals surface area contributed by atoms with E-state index in [4.69, 9.17) is 18.7 Å². The van der Waals surface area contributed by atoms with Crippen LogP contribution < -0.4 is 9.47 Å². The number of methoxy groups -OCH3 is 1. The van der Waals surface area contributed by atoms with E-state index in [1.165, 1.54) is 0 Å². The number of fused-ring (bicyclic) bond motifs is 1. The fourth-order valence-corrected chi connectivity index (χ4v) is 2.31. The van der Waals surface area contributed by atoms with Crippen LogP contribution in [0.25, 0.3) is 22.7 Å². The number of benzene rings is 1. The van der Waals surface area contributed by atoms with Gasteiger partial charge in [-0.2, -0.15) is 4.98 Å². The average Bonchev–Trinajstić information content (AvgIpc) is 3.24. The van der Waals surface area contributed by atoms with Crippen LogP contribution in [0.5, 0.6) is 11.5 Å². The van der Waals surface area contributed by atoms with Gasteiger partial charge in [0.1, 0.15) is 6.61 Å². The lowest BCUT2D eigenvalue weighted by molar-refractivity contribution is 0.174. The molecule has 1 aliphatic heterocycles. The number of pyridine rings is 1. The third-order valence-corrected chi connectivity index (χ3v) is 3.42. The molecule has 0 radical (unpaired) electrons. The summed E-state index contributed by atoms with van der Waals surface area (Å²) in [6.07, 6.45) is 1.70. The van der Waals surface area contributed by atoms with Crippen molar-refractivity contribution in [3.63, 3.8) is 0 Å². The number of ether oxygens (including phenoxy) is 3. The van der Waals surface area contributed by atoms with Crippen LogP contribution in [0.1, 0.15) is 5.82 Å². The molecular weight excluding hydrogens is 298 g/mol. The molecule has 7 heteroatoms. The number of aromatic nitrogens is 3. The Hall–Kier alpha value is -2.93. The Morgan fingerprint density at radius 2 is 1.96 bits per heavy atom. The van der Waals surface area contributed by atoms with Crippen molar-refractivity contribution in [3.8, 4) is 34.2 Å². The highest BCUT2D eigenvalue weighted by molar-refractivity contribution is 5.66. The first-order chi connectivity index (χ1) is 11.3. The second-order valence-corrected chi connectivity index (χ2v) is 4.95. The first kappa shape index (κ1) is 13.7. The Morgan fingerprint density at radius 3 is 2.78 bits per heavy atom. The molecule has 7 nitrogen and oxygen atoms in total. The van der Waals surface area contributed by atoms with E-state index in [1.807, 2.05) is 30.3 Å². The van der Waals surface area contributed by atoms with Gasteiger partial charge in [-0.25, -0.2) is 0 Å². The molecular formula is C16H13N3O4. The Morgan fingerprint density at radius 1 is 1.09 bits per heavy atom. The van der Waals surface area contributed by atoms with Crippen molar-refractivity contribution < 1.29 is 18.7 Å². The third kappa shape index (κ3) is 2.62. The molecule has 0 fully saturated rings. The summed E-state index contributed by atoms with van der Waals surface area (Å²) in [6.45, 7) is 0.568. The van der Waals surface area contributed by atoms with Crippen LogP contribution in [-0.2, 0) is 11.3 Å². The monoisotopic (exact) mass is 311 g/mol. The number of hydrogen-bond acceptors (Lipinski definition) is 7. The normalized spacial score (nSPS) is 12.6. The second-order valence-electron chi connectivity index (χ2n) is 4.95. The first-order valence-electron chi connectivity index (χ1n) is 7.01. The van der Waals surface area contributed by atoms with Crippen molar-refractivity contribution in [2.45, 2.75) is 6.61 Å². The summed E-state index contributed by atoms with van der Waals surface area (Å²) in [6, 6.07) is 9.51. The summed E-state index contributed by atoms with van der Waals surface area (Å²) < 4.78 is 20.9. The molecule has 2 aromatic heterocycles. The van der Waals surface area contributed by atoms with Gasteiger partial charge in [0.05, 0.1) is 11.3 Å². The number of rotatable bonds is 4. The summed E-state index contributed by atoms with van der Waals surface area (Å²) in [5, 5.41) is 3.83. The molecule has 3 heterocycles. The summed E-state index contributed by atoms with van der Waals surface area (Å²) in [5.41, 5.74) is 2.53. The smallest absolute Gasteiger partial charge is 0.259 e. The first-order valence-corrected chi connectivity index (χ1v) is 7.01. The van der Waals surface area contributed by atoms with Crippen molar-refractivity contribution in [1.29, 1.82) is 0 Å². The molecule has 0 bridgehead atoms. The fraction of sp³-hybridized carbons (Fsp3) is 0.188. The molecule has 0 saturated heterocycles. The molecule has 4 rings (SSSR count). The third-order valence-electron chi connectivity index (χ3n) is 3.42. The van der Waals surface area contributed by atoms with Crippen molar-refractivity contribution in [1.82, 2.24) is 15.1 Å². The number of hydrogen-bond donors (Lipinski definition) is 0. The number of nitrogens with zero attached hydrogens (tertiary/aromatic N) is 3. The van der Waals surface area contributed by atoms with Gasteiger partial charge in [0.25, 0.3) is 5.89 Å². The largest absolute Gasteiger partial charge is 0.454 e. The average molecular weight is 311 g/mol. The maximum atomic E-state index is 5.38. The molecule has 0 N–H and O–H groups in total. The van der Waals surface area contributed by atoms with Gasteiger partial charge in [-0.1, -0.05) is 5.16 Å². The van der Waals surface area contributed by atoms with Gasteiger partial charge < -0.3 is 18.7 Å². The zero-order valence-corrected chi connectivity index (χ0v) is 12.4. The van der Waals surface area contributed by atoms with Crippen LogP contribution in [0.15, 0.2) is 41.1 Å². The highest BCUT2D eigenvalue weighted by Crippen LogP contribution is 2.35. The van der Waals surface area contributed by atoms with Crippen LogP contribution in [0.2, 0.25) is 0 Å². The molecule has 0 amide bonds. The molecule has 3 aromatic rings. The van der Waals surface area contributed by atoms with Crippen LogP contribution >= 0.6 is 0 Å². The summed E-state index contributed by atoms with van der Waals surface area (Å²) in [7, 11) is 1.58. The van der Waals surface area contributed by atoms with Gasteiger partial charge in [0.15, 0.2) is 17.3 Å². The van der Waals surface area contributed by atoms with E-state index in [9.17, 15) is 0 Å². The summed E-state index contributed by atoms with van der Waals surface area (Å²) in [4.78, 5) is 8.69. The highest BCUT2D eigenvalue weighted by atomic mass is 16.7. The van der Waals surface area contributed by atoms with Crippen molar-refractivity contribution in [2.24, 2.45) is 0 Å². The topological polar surface area (TPSA) is 79.5 Å². The zero-order valence-electron chi connectivity index (χ0n) is 12.4. The Balaban J connectivity index is 1.60. The molecule has 0 spiro atoms. The van der Waals surface area contributed by atoms with Crippen molar-refractivity contribution >= 4 is 0 Å². The van der Waals surface area contributed by atoms with E-state index < -0.39 is 0 Å². The van der Waals surface area contributed by atoms with Crippen LogP contribution in [0.3, 0.4) is 0 Å². The minimum absolute atomic E-state index is 0.256. The summed E-state index contributed by atoms with van der Waals surface area (Å²) in [5.74, 6) is 2.40. The molecule has 116 valence electrons. The standard InChI is InChI=1S/C16H13N3O4/c1-20-8-15-18-16(23-19-15)11-2-4-12(17-7-11)10-3-5-13-14(6-10)22-9-21-13/h2-7H,8-9H2,1H3. The van der Waals surface area contributed by atoms with Gasteiger partial charge in [-0.3, -0.25) is 4.98 Å². The van der Waals surface area contributed by atoms with Gasteiger partial charge in [-0.15, -0.1) is 0 Å². The van der Waals surface area contributed by atoms with Crippen LogP contribution in [0.4, 0.5) is 0 Å². The van der Waals surface area contributed by atoms with Crippen LogP contribution in [-0.4, -0.2) is 29.0 Å². The molecule has 1 aromatic carbocycles. The zero-order chi connectivity index (χ0) is 15.6. The molecule has 0 saturated carbocycles.